The van der Waals surface area contributed by atoms with Crippen LogP contribution in [0.2, 0.25) is 0 Å². The zero-order valence-corrected chi connectivity index (χ0v) is 12.3. The fourth-order valence-electron chi connectivity index (χ4n) is 1.74. The van der Waals surface area contributed by atoms with Gasteiger partial charge in [-0.2, -0.15) is 0 Å². The first-order valence-electron chi connectivity index (χ1n) is 6.51. The Bertz CT molecular complexity index is 276. The lowest BCUT2D eigenvalue weighted by atomic mass is 9.87. The summed E-state index contributed by atoms with van der Waals surface area (Å²) in [7, 11) is 0. The third-order valence-corrected chi connectivity index (χ3v) is 2.44. The molecule has 0 amide bonds. The number of rotatable bonds is 7. The summed E-state index contributed by atoms with van der Waals surface area (Å²) in [5, 5.41) is 18.8. The number of carboxylic acids is 2. The van der Waals surface area contributed by atoms with E-state index in [9.17, 15) is 19.8 Å². The average molecular weight is 271 g/mol. The number of carboxylic acid groups (broad SMARTS) is 2. The molecule has 0 bridgehead atoms. The Morgan fingerprint density at radius 1 is 1.16 bits per heavy atom. The van der Waals surface area contributed by atoms with Crippen LogP contribution in [0.5, 0.6) is 0 Å². The van der Waals surface area contributed by atoms with Gasteiger partial charge in [-0.15, -0.1) is 0 Å². The molecule has 0 radical (unpaired) electrons. The van der Waals surface area contributed by atoms with E-state index in [0.29, 0.717) is 12.2 Å². The largest absolute Gasteiger partial charge is 0.545 e. The molecule has 19 heavy (non-hydrogen) atoms. The predicted molar refractivity (Wildman–Crippen MR) is 70.7 cm³/mol. The van der Waals surface area contributed by atoms with E-state index < -0.39 is 11.9 Å². The SMILES string of the molecule is CCCC(CC)CC(C)(C)N.O=C([O-])/C=C/C(=O)[O-]. The second-order valence-electron chi connectivity index (χ2n) is 5.23. The highest BCUT2D eigenvalue weighted by molar-refractivity contribution is 5.87. The first kappa shape index (κ1) is 20.0. The van der Waals surface area contributed by atoms with Crippen molar-refractivity contribution in [3.63, 3.8) is 0 Å². The van der Waals surface area contributed by atoms with Gasteiger partial charge in [0.15, 0.2) is 0 Å². The van der Waals surface area contributed by atoms with Gasteiger partial charge in [-0.3, -0.25) is 0 Å². The van der Waals surface area contributed by atoms with Gasteiger partial charge in [-0.1, -0.05) is 33.1 Å². The van der Waals surface area contributed by atoms with Crippen molar-refractivity contribution in [3.8, 4) is 0 Å². The van der Waals surface area contributed by atoms with Gasteiger partial charge in [-0.05, 0) is 38.3 Å². The third-order valence-electron chi connectivity index (χ3n) is 2.44. The van der Waals surface area contributed by atoms with Crippen LogP contribution in [0.4, 0.5) is 0 Å². The number of carbonyl (C=O) groups excluding carboxylic acids is 2. The molecule has 5 nitrogen and oxygen atoms in total. The quantitative estimate of drug-likeness (QED) is 0.655. The van der Waals surface area contributed by atoms with Crippen molar-refractivity contribution in [3.05, 3.63) is 12.2 Å². The van der Waals surface area contributed by atoms with Crippen LogP contribution in [0.25, 0.3) is 0 Å². The molecular formula is C14H25NO4-2. The van der Waals surface area contributed by atoms with Crippen LogP contribution < -0.4 is 15.9 Å². The molecule has 2 N–H and O–H groups in total. The maximum atomic E-state index is 9.41. The molecule has 5 heteroatoms. The topological polar surface area (TPSA) is 106 Å². The van der Waals surface area contributed by atoms with Crippen molar-refractivity contribution in [2.24, 2.45) is 11.7 Å². The highest BCUT2D eigenvalue weighted by atomic mass is 16.4. The number of aliphatic carboxylic acids is 2. The van der Waals surface area contributed by atoms with Gasteiger partial charge in [0.25, 0.3) is 0 Å². The number of hydrogen-bond donors (Lipinski definition) is 1. The predicted octanol–water partition coefficient (Wildman–Crippen LogP) is -0.0175. The first-order valence-corrected chi connectivity index (χ1v) is 6.51. The van der Waals surface area contributed by atoms with E-state index in [4.69, 9.17) is 5.73 Å². The monoisotopic (exact) mass is 271 g/mol. The van der Waals surface area contributed by atoms with Crippen LogP contribution in [-0.2, 0) is 9.59 Å². The van der Waals surface area contributed by atoms with E-state index in [1.165, 1.54) is 19.3 Å². The average Bonchev–Trinajstić information content (AvgIpc) is 2.25. The Hall–Kier alpha value is -1.36. The van der Waals surface area contributed by atoms with Crippen LogP contribution in [0.1, 0.15) is 53.4 Å². The molecule has 0 saturated heterocycles. The highest BCUT2D eigenvalue weighted by Gasteiger charge is 2.16. The maximum absolute atomic E-state index is 9.41. The lowest BCUT2D eigenvalue weighted by Crippen LogP contribution is -2.34. The number of carbonyl (C=O) groups is 2. The van der Waals surface area contributed by atoms with Gasteiger partial charge < -0.3 is 25.5 Å². The van der Waals surface area contributed by atoms with Crippen molar-refractivity contribution in [1.82, 2.24) is 0 Å². The first-order chi connectivity index (χ1) is 8.62. The standard InChI is InChI=1S/C10H23N.C4H4O4/c1-5-7-9(6-2)8-10(3,4)11;5-3(6)1-2-4(7)8/h9H,5-8,11H2,1-4H3;1-2H,(H,5,6)(H,7,8)/p-2/b;2-1+. The minimum atomic E-state index is -1.55. The van der Waals surface area contributed by atoms with Crippen LogP contribution in [-0.4, -0.2) is 17.5 Å². The Balaban J connectivity index is 0. The van der Waals surface area contributed by atoms with Crippen molar-refractivity contribution in [1.29, 1.82) is 0 Å². The van der Waals surface area contributed by atoms with Crippen molar-refractivity contribution in [2.75, 3.05) is 0 Å². The Morgan fingerprint density at radius 2 is 1.58 bits per heavy atom. The maximum Gasteiger partial charge on any atom is 0.0643 e. The molecule has 112 valence electrons. The molecule has 0 heterocycles. The van der Waals surface area contributed by atoms with Gasteiger partial charge in [0.2, 0.25) is 0 Å². The molecule has 0 aliphatic carbocycles. The second-order valence-corrected chi connectivity index (χ2v) is 5.23. The van der Waals surface area contributed by atoms with Gasteiger partial charge >= 0.3 is 0 Å². The Labute approximate surface area is 115 Å². The van der Waals surface area contributed by atoms with Crippen molar-refractivity contribution >= 4 is 11.9 Å². The zero-order valence-electron chi connectivity index (χ0n) is 12.3. The van der Waals surface area contributed by atoms with E-state index >= 15 is 0 Å². The molecular weight excluding hydrogens is 246 g/mol. The van der Waals surface area contributed by atoms with Crippen LogP contribution in [0.3, 0.4) is 0 Å². The van der Waals surface area contributed by atoms with Gasteiger partial charge in [0.05, 0.1) is 11.9 Å². The molecule has 0 aliphatic rings. The molecule has 0 aromatic carbocycles. The number of hydrogen-bond acceptors (Lipinski definition) is 5. The van der Waals surface area contributed by atoms with Crippen molar-refractivity contribution < 1.29 is 19.8 Å². The van der Waals surface area contributed by atoms with Crippen LogP contribution >= 0.6 is 0 Å². The minimum absolute atomic E-state index is 0.0237. The third kappa shape index (κ3) is 19.2. The minimum Gasteiger partial charge on any atom is -0.545 e. The molecule has 0 aliphatic heterocycles. The summed E-state index contributed by atoms with van der Waals surface area (Å²) in [5.41, 5.74) is 5.97. The Kier molecular flexibility index (Phi) is 11.1. The molecule has 0 saturated carbocycles. The fourth-order valence-corrected chi connectivity index (χ4v) is 1.74. The highest BCUT2D eigenvalue weighted by Crippen LogP contribution is 2.21. The molecule has 1 unspecified atom stereocenters. The van der Waals surface area contributed by atoms with Gasteiger partial charge in [-0.25, -0.2) is 0 Å². The lowest BCUT2D eigenvalue weighted by molar-refractivity contribution is -0.301. The molecule has 1 atom stereocenters. The normalized spacial score (nSPS) is 12.7. The van der Waals surface area contributed by atoms with Crippen LogP contribution in [0.15, 0.2) is 12.2 Å². The summed E-state index contributed by atoms with van der Waals surface area (Å²) in [5.74, 6) is -2.26. The molecule has 0 aromatic rings. The lowest BCUT2D eigenvalue weighted by Gasteiger charge is -2.24. The summed E-state index contributed by atoms with van der Waals surface area (Å²) < 4.78 is 0. The molecule has 0 aromatic heterocycles. The van der Waals surface area contributed by atoms with Gasteiger partial charge in [0.1, 0.15) is 0 Å². The summed E-state index contributed by atoms with van der Waals surface area (Å²) in [6.07, 6.45) is 5.82. The van der Waals surface area contributed by atoms with E-state index in [0.717, 1.165) is 12.3 Å². The summed E-state index contributed by atoms with van der Waals surface area (Å²) in [6.45, 7) is 8.73. The fraction of sp³-hybridized carbons (Fsp3) is 0.714. The smallest absolute Gasteiger partial charge is 0.0643 e. The summed E-state index contributed by atoms with van der Waals surface area (Å²) in [6, 6.07) is 0. The van der Waals surface area contributed by atoms with Crippen LogP contribution in [0, 0.1) is 5.92 Å². The van der Waals surface area contributed by atoms with E-state index in [-0.39, 0.29) is 5.54 Å². The van der Waals surface area contributed by atoms with E-state index in [2.05, 4.69) is 27.7 Å². The van der Waals surface area contributed by atoms with E-state index in [1.54, 1.807) is 0 Å². The molecule has 0 spiro atoms. The summed E-state index contributed by atoms with van der Waals surface area (Å²) >= 11 is 0. The number of nitrogens with two attached hydrogens (primary N) is 1. The van der Waals surface area contributed by atoms with Gasteiger partial charge in [0, 0.05) is 5.54 Å². The zero-order chi connectivity index (χ0) is 15.5. The summed E-state index contributed by atoms with van der Waals surface area (Å²) in [4.78, 5) is 18.8. The second kappa shape index (κ2) is 10.6. The van der Waals surface area contributed by atoms with Crippen molar-refractivity contribution in [2.45, 2.75) is 58.9 Å². The molecule has 0 fully saturated rings. The van der Waals surface area contributed by atoms with E-state index in [1.807, 2.05) is 0 Å². The molecule has 0 rings (SSSR count). The Morgan fingerprint density at radius 3 is 1.79 bits per heavy atom.